The van der Waals surface area contributed by atoms with Gasteiger partial charge in [-0.1, -0.05) is 41.1 Å². The molecule has 1 unspecified atom stereocenters. The van der Waals surface area contributed by atoms with Gasteiger partial charge >= 0.3 is 0 Å². The predicted octanol–water partition coefficient (Wildman–Crippen LogP) is 5.05. The molecular weight excluding hydrogens is 442 g/mol. The first-order valence-corrected chi connectivity index (χ1v) is 11.8. The van der Waals surface area contributed by atoms with Gasteiger partial charge in [0, 0.05) is 11.4 Å². The third-order valence-corrected chi connectivity index (χ3v) is 5.54. The number of hydrazone groups is 1. The summed E-state index contributed by atoms with van der Waals surface area (Å²) in [4.78, 5) is 23.7. The minimum Gasteiger partial charge on any atom is -0.494 e. The van der Waals surface area contributed by atoms with Crippen LogP contribution in [0.2, 0.25) is 5.02 Å². The third kappa shape index (κ3) is 7.27. The van der Waals surface area contributed by atoms with E-state index in [1.807, 2.05) is 69.3 Å². The Kier molecular flexibility index (Phi) is 9.69. The molecule has 0 radical (unpaired) electrons. The highest BCUT2D eigenvalue weighted by Gasteiger charge is 2.26. The summed E-state index contributed by atoms with van der Waals surface area (Å²) >= 11 is 5.96. The Labute approximate surface area is 200 Å². The molecule has 1 aliphatic heterocycles. The molecule has 0 aromatic heterocycles. The van der Waals surface area contributed by atoms with Crippen molar-refractivity contribution < 1.29 is 19.2 Å². The fraction of sp³-hybridized carbons (Fsp3) is 0.440. The van der Waals surface area contributed by atoms with E-state index in [-0.39, 0.29) is 11.8 Å². The average Bonchev–Trinajstić information content (AvgIpc) is 3.32. The molecule has 1 atom stereocenters. The summed E-state index contributed by atoms with van der Waals surface area (Å²) in [7, 11) is 0. The van der Waals surface area contributed by atoms with Gasteiger partial charge in [0.2, 0.25) is 5.91 Å². The lowest BCUT2D eigenvalue weighted by atomic mass is 10.00. The molecule has 0 N–H and O–H groups in total. The van der Waals surface area contributed by atoms with E-state index in [4.69, 9.17) is 26.0 Å². The van der Waals surface area contributed by atoms with Crippen molar-refractivity contribution in [3.8, 4) is 5.75 Å². The number of halogens is 1. The fourth-order valence-corrected chi connectivity index (χ4v) is 3.64. The molecule has 0 saturated carbocycles. The van der Waals surface area contributed by atoms with Gasteiger partial charge in [0.1, 0.15) is 5.75 Å². The number of hydrogen-bond donors (Lipinski definition) is 0. The van der Waals surface area contributed by atoms with E-state index < -0.39 is 0 Å². The number of hydroxylamine groups is 2. The van der Waals surface area contributed by atoms with Gasteiger partial charge < -0.3 is 4.74 Å². The van der Waals surface area contributed by atoms with Crippen LogP contribution >= 0.6 is 11.6 Å². The SMILES string of the molecule is CCON(CCCOc1ccc(C(C)C(=O)N2CCC(c3ccc(Cl)cc3)=N2)cc1)OCC. The van der Waals surface area contributed by atoms with Crippen molar-refractivity contribution in [1.29, 1.82) is 0 Å². The van der Waals surface area contributed by atoms with Gasteiger partial charge in [-0.25, -0.2) is 5.01 Å². The standard InChI is InChI=1S/C25H32ClN3O4/c1-4-32-29(33-5-2)16-6-18-31-23-13-9-20(10-14-23)19(3)25(30)28-17-15-24(27-28)21-7-11-22(26)12-8-21/h7-14,19H,4-6,15-18H2,1-3H3. The Hall–Kier alpha value is -2.45. The zero-order valence-corrected chi connectivity index (χ0v) is 20.3. The number of ether oxygens (including phenoxy) is 1. The van der Waals surface area contributed by atoms with Gasteiger partial charge in [-0.15, -0.1) is 0 Å². The molecule has 33 heavy (non-hydrogen) atoms. The number of carbonyl (C=O) groups excluding carboxylic acids is 1. The molecule has 0 aliphatic carbocycles. The minimum absolute atomic E-state index is 0.0143. The van der Waals surface area contributed by atoms with Gasteiger partial charge in [0.05, 0.1) is 44.5 Å². The first-order valence-electron chi connectivity index (χ1n) is 11.4. The first-order chi connectivity index (χ1) is 16.0. The molecule has 0 spiro atoms. The molecule has 2 aromatic rings. The lowest BCUT2D eigenvalue weighted by molar-refractivity contribution is -0.365. The molecule has 178 valence electrons. The maximum atomic E-state index is 13.0. The van der Waals surface area contributed by atoms with Crippen molar-refractivity contribution in [2.45, 2.75) is 39.5 Å². The quantitative estimate of drug-likeness (QED) is 0.318. The largest absolute Gasteiger partial charge is 0.494 e. The molecule has 0 fully saturated rings. The minimum atomic E-state index is -0.293. The molecule has 0 bridgehead atoms. The Morgan fingerprint density at radius 3 is 2.39 bits per heavy atom. The Bertz CT molecular complexity index is 912. The van der Waals surface area contributed by atoms with Crippen LogP contribution in [0.3, 0.4) is 0 Å². The molecule has 8 heteroatoms. The molecule has 1 aliphatic rings. The average molecular weight is 474 g/mol. The van der Waals surface area contributed by atoms with Gasteiger partial charge in [-0.3, -0.25) is 14.5 Å². The Morgan fingerprint density at radius 2 is 1.76 bits per heavy atom. The topological polar surface area (TPSA) is 63.6 Å². The summed E-state index contributed by atoms with van der Waals surface area (Å²) in [6.07, 6.45) is 1.50. The van der Waals surface area contributed by atoms with Crippen LogP contribution in [0.1, 0.15) is 50.7 Å². The number of benzene rings is 2. The smallest absolute Gasteiger partial charge is 0.249 e. The summed E-state index contributed by atoms with van der Waals surface area (Å²) in [6.45, 7) is 8.62. The van der Waals surface area contributed by atoms with E-state index in [1.165, 1.54) is 5.23 Å². The lowest BCUT2D eigenvalue weighted by Gasteiger charge is -2.19. The lowest BCUT2D eigenvalue weighted by Crippen LogP contribution is -2.28. The molecule has 0 saturated heterocycles. The highest BCUT2D eigenvalue weighted by molar-refractivity contribution is 6.30. The van der Waals surface area contributed by atoms with E-state index in [0.717, 1.165) is 35.4 Å². The number of rotatable bonds is 12. The summed E-state index contributed by atoms with van der Waals surface area (Å²) in [5.74, 6) is 0.458. The van der Waals surface area contributed by atoms with Gasteiger partial charge in [0.15, 0.2) is 0 Å². The van der Waals surface area contributed by atoms with Crippen LogP contribution in [0.5, 0.6) is 5.75 Å². The molecule has 1 heterocycles. The number of nitrogens with zero attached hydrogens (tertiary/aromatic N) is 3. The first kappa shape index (κ1) is 25.2. The second-order valence-corrected chi connectivity index (χ2v) is 8.09. The summed E-state index contributed by atoms with van der Waals surface area (Å²) in [5, 5.41) is 8.31. The van der Waals surface area contributed by atoms with E-state index in [0.29, 0.717) is 37.9 Å². The monoisotopic (exact) mass is 473 g/mol. The fourth-order valence-electron chi connectivity index (χ4n) is 3.52. The van der Waals surface area contributed by atoms with Gasteiger partial charge in [-0.2, -0.15) is 5.10 Å². The van der Waals surface area contributed by atoms with E-state index in [9.17, 15) is 4.79 Å². The van der Waals surface area contributed by atoms with E-state index in [2.05, 4.69) is 5.10 Å². The summed E-state index contributed by atoms with van der Waals surface area (Å²) < 4.78 is 5.81. The van der Waals surface area contributed by atoms with Crippen molar-refractivity contribution in [2.24, 2.45) is 5.10 Å². The normalized spacial score (nSPS) is 14.5. The zero-order valence-electron chi connectivity index (χ0n) is 19.5. The van der Waals surface area contributed by atoms with Crippen LogP contribution in [0.4, 0.5) is 0 Å². The molecule has 1 amide bonds. The molecule has 7 nitrogen and oxygen atoms in total. The number of carbonyl (C=O) groups is 1. The number of amides is 1. The van der Waals surface area contributed by atoms with Crippen LogP contribution in [-0.4, -0.2) is 54.8 Å². The van der Waals surface area contributed by atoms with Crippen molar-refractivity contribution in [1.82, 2.24) is 10.2 Å². The second kappa shape index (κ2) is 12.7. The van der Waals surface area contributed by atoms with Crippen LogP contribution < -0.4 is 4.74 Å². The Balaban J connectivity index is 1.50. The maximum absolute atomic E-state index is 13.0. The van der Waals surface area contributed by atoms with Crippen LogP contribution in [0.15, 0.2) is 53.6 Å². The van der Waals surface area contributed by atoms with Crippen molar-refractivity contribution in [2.75, 3.05) is 32.9 Å². The molecule has 3 rings (SSSR count). The van der Waals surface area contributed by atoms with E-state index in [1.54, 1.807) is 5.01 Å². The van der Waals surface area contributed by atoms with Crippen molar-refractivity contribution in [3.05, 3.63) is 64.7 Å². The highest BCUT2D eigenvalue weighted by Crippen LogP contribution is 2.24. The van der Waals surface area contributed by atoms with Gasteiger partial charge in [-0.05, 0) is 62.6 Å². The number of hydrogen-bond acceptors (Lipinski definition) is 6. The Morgan fingerprint density at radius 1 is 1.09 bits per heavy atom. The summed E-state index contributed by atoms with van der Waals surface area (Å²) in [6, 6.07) is 15.2. The zero-order chi connectivity index (χ0) is 23.6. The van der Waals surface area contributed by atoms with Crippen molar-refractivity contribution in [3.63, 3.8) is 0 Å². The molecular formula is C25H32ClN3O4. The van der Waals surface area contributed by atoms with E-state index >= 15 is 0 Å². The second-order valence-electron chi connectivity index (χ2n) is 7.65. The van der Waals surface area contributed by atoms with Crippen LogP contribution in [0, 0.1) is 0 Å². The molecule has 2 aromatic carbocycles. The highest BCUT2D eigenvalue weighted by atomic mass is 35.5. The van der Waals surface area contributed by atoms with Crippen molar-refractivity contribution >= 4 is 23.2 Å². The third-order valence-electron chi connectivity index (χ3n) is 5.28. The summed E-state index contributed by atoms with van der Waals surface area (Å²) in [5.41, 5.74) is 2.83. The maximum Gasteiger partial charge on any atom is 0.249 e. The van der Waals surface area contributed by atoms with Crippen LogP contribution in [0.25, 0.3) is 0 Å². The van der Waals surface area contributed by atoms with Crippen LogP contribution in [-0.2, 0) is 14.5 Å². The predicted molar refractivity (Wildman–Crippen MR) is 129 cm³/mol. The van der Waals surface area contributed by atoms with Gasteiger partial charge in [0.25, 0.3) is 0 Å².